The molecular formula is C17H19N5O4. The SMILES string of the molecule is COC(=O)c1cnc(N2CCN(Cc3ccccn3)CC2)c([N+](=O)[O-])c1. The first-order chi connectivity index (χ1) is 12.6. The van der Waals surface area contributed by atoms with Crippen molar-refractivity contribution in [2.24, 2.45) is 0 Å². The molecule has 3 heterocycles. The number of aromatic nitrogens is 2. The van der Waals surface area contributed by atoms with E-state index >= 15 is 0 Å². The van der Waals surface area contributed by atoms with E-state index in [-0.39, 0.29) is 17.1 Å². The largest absolute Gasteiger partial charge is 0.465 e. The lowest BCUT2D eigenvalue weighted by Crippen LogP contribution is -2.46. The Morgan fingerprint density at radius 2 is 2.04 bits per heavy atom. The maximum atomic E-state index is 11.6. The second kappa shape index (κ2) is 7.87. The lowest BCUT2D eigenvalue weighted by Gasteiger charge is -2.34. The van der Waals surface area contributed by atoms with Crippen LogP contribution in [0, 0.1) is 10.1 Å². The molecule has 136 valence electrons. The van der Waals surface area contributed by atoms with Gasteiger partial charge in [0.05, 0.1) is 23.3 Å². The minimum absolute atomic E-state index is 0.0664. The Morgan fingerprint density at radius 1 is 1.27 bits per heavy atom. The van der Waals surface area contributed by atoms with Gasteiger partial charge in [-0.2, -0.15) is 0 Å². The van der Waals surface area contributed by atoms with Crippen molar-refractivity contribution in [1.29, 1.82) is 0 Å². The molecule has 0 N–H and O–H groups in total. The second-order valence-electron chi connectivity index (χ2n) is 5.90. The molecule has 0 aromatic carbocycles. The van der Waals surface area contributed by atoms with E-state index in [1.165, 1.54) is 19.4 Å². The van der Waals surface area contributed by atoms with Gasteiger partial charge in [-0.1, -0.05) is 6.07 Å². The Labute approximate surface area is 150 Å². The summed E-state index contributed by atoms with van der Waals surface area (Å²) in [5.41, 5.74) is 0.871. The van der Waals surface area contributed by atoms with Crippen LogP contribution in [0.4, 0.5) is 11.5 Å². The third-order valence-electron chi connectivity index (χ3n) is 4.25. The fourth-order valence-electron chi connectivity index (χ4n) is 2.89. The highest BCUT2D eigenvalue weighted by molar-refractivity contribution is 5.90. The Kier molecular flexibility index (Phi) is 5.37. The van der Waals surface area contributed by atoms with Gasteiger partial charge in [-0.25, -0.2) is 9.78 Å². The van der Waals surface area contributed by atoms with Crippen molar-refractivity contribution in [3.8, 4) is 0 Å². The molecule has 0 amide bonds. The number of methoxy groups -OCH3 is 1. The average Bonchev–Trinajstić information content (AvgIpc) is 2.68. The molecule has 2 aromatic rings. The molecule has 0 unspecified atom stereocenters. The number of anilines is 1. The van der Waals surface area contributed by atoms with Gasteiger partial charge in [-0.3, -0.25) is 20.0 Å². The highest BCUT2D eigenvalue weighted by Crippen LogP contribution is 2.27. The molecule has 0 radical (unpaired) electrons. The van der Waals surface area contributed by atoms with Crippen LogP contribution in [0.25, 0.3) is 0 Å². The molecule has 0 aliphatic carbocycles. The van der Waals surface area contributed by atoms with E-state index in [1.807, 2.05) is 23.1 Å². The maximum Gasteiger partial charge on any atom is 0.339 e. The van der Waals surface area contributed by atoms with Gasteiger partial charge >= 0.3 is 11.7 Å². The van der Waals surface area contributed by atoms with Crippen molar-refractivity contribution in [2.75, 3.05) is 38.2 Å². The number of nitro groups is 1. The highest BCUT2D eigenvalue weighted by atomic mass is 16.6. The molecular weight excluding hydrogens is 338 g/mol. The zero-order chi connectivity index (χ0) is 18.5. The predicted molar refractivity (Wildman–Crippen MR) is 94.0 cm³/mol. The summed E-state index contributed by atoms with van der Waals surface area (Å²) in [6.07, 6.45) is 3.08. The molecule has 1 fully saturated rings. The van der Waals surface area contributed by atoms with Crippen molar-refractivity contribution >= 4 is 17.5 Å². The first-order valence-corrected chi connectivity index (χ1v) is 8.18. The average molecular weight is 357 g/mol. The van der Waals surface area contributed by atoms with Crippen LogP contribution in [0.2, 0.25) is 0 Å². The molecule has 9 heteroatoms. The van der Waals surface area contributed by atoms with Gasteiger partial charge in [0.25, 0.3) is 0 Å². The number of rotatable bonds is 5. The van der Waals surface area contributed by atoms with Crippen molar-refractivity contribution in [1.82, 2.24) is 14.9 Å². The standard InChI is InChI=1S/C17H19N5O4/c1-26-17(23)13-10-15(22(24)25)16(19-11-13)21-8-6-20(7-9-21)12-14-4-2-3-5-18-14/h2-5,10-11H,6-9,12H2,1H3. The van der Waals surface area contributed by atoms with E-state index in [4.69, 9.17) is 0 Å². The van der Waals surface area contributed by atoms with Crippen LogP contribution < -0.4 is 4.90 Å². The smallest absolute Gasteiger partial charge is 0.339 e. The minimum atomic E-state index is -0.646. The number of carbonyl (C=O) groups excluding carboxylic acids is 1. The summed E-state index contributed by atoms with van der Waals surface area (Å²) in [6, 6.07) is 7.03. The Bertz CT molecular complexity index is 791. The number of ether oxygens (including phenoxy) is 1. The topological polar surface area (TPSA) is 102 Å². The Hall–Kier alpha value is -3.07. The van der Waals surface area contributed by atoms with Crippen molar-refractivity contribution < 1.29 is 14.5 Å². The fourth-order valence-corrected chi connectivity index (χ4v) is 2.89. The molecule has 1 aliphatic rings. The normalized spacial score (nSPS) is 14.9. The van der Waals surface area contributed by atoms with E-state index in [0.29, 0.717) is 13.1 Å². The zero-order valence-electron chi connectivity index (χ0n) is 14.4. The van der Waals surface area contributed by atoms with E-state index in [2.05, 4.69) is 19.6 Å². The maximum absolute atomic E-state index is 11.6. The Balaban J connectivity index is 1.70. The van der Waals surface area contributed by atoms with E-state index in [1.54, 1.807) is 6.20 Å². The summed E-state index contributed by atoms with van der Waals surface area (Å²) in [5, 5.41) is 11.4. The summed E-state index contributed by atoms with van der Waals surface area (Å²) in [6.45, 7) is 3.45. The first kappa shape index (κ1) is 17.7. The van der Waals surface area contributed by atoms with Crippen LogP contribution in [0.1, 0.15) is 16.1 Å². The molecule has 0 bridgehead atoms. The van der Waals surface area contributed by atoms with E-state index < -0.39 is 10.9 Å². The monoisotopic (exact) mass is 357 g/mol. The van der Waals surface area contributed by atoms with Gasteiger partial charge in [0.2, 0.25) is 5.82 Å². The molecule has 3 rings (SSSR count). The molecule has 2 aromatic heterocycles. The number of esters is 1. The summed E-state index contributed by atoms with van der Waals surface area (Å²) in [7, 11) is 1.23. The third kappa shape index (κ3) is 3.94. The molecule has 26 heavy (non-hydrogen) atoms. The molecule has 0 saturated carbocycles. The van der Waals surface area contributed by atoms with E-state index in [0.717, 1.165) is 25.3 Å². The number of hydrogen-bond acceptors (Lipinski definition) is 8. The van der Waals surface area contributed by atoms with Gasteiger partial charge < -0.3 is 9.64 Å². The van der Waals surface area contributed by atoms with Crippen LogP contribution in [0.5, 0.6) is 0 Å². The predicted octanol–water partition coefficient (Wildman–Crippen LogP) is 1.49. The van der Waals surface area contributed by atoms with Gasteiger partial charge in [-0.05, 0) is 12.1 Å². The Morgan fingerprint density at radius 3 is 2.65 bits per heavy atom. The molecule has 9 nitrogen and oxygen atoms in total. The van der Waals surface area contributed by atoms with Crippen LogP contribution in [0.3, 0.4) is 0 Å². The summed E-state index contributed by atoms with van der Waals surface area (Å²) >= 11 is 0. The van der Waals surface area contributed by atoms with Crippen molar-refractivity contribution in [3.05, 3.63) is 58.0 Å². The summed E-state index contributed by atoms with van der Waals surface area (Å²) < 4.78 is 4.60. The van der Waals surface area contributed by atoms with Crippen molar-refractivity contribution in [3.63, 3.8) is 0 Å². The van der Waals surface area contributed by atoms with Crippen molar-refractivity contribution in [2.45, 2.75) is 6.54 Å². The number of piperazine rings is 1. The molecule has 1 saturated heterocycles. The molecule has 0 spiro atoms. The van der Waals surface area contributed by atoms with E-state index in [9.17, 15) is 14.9 Å². The lowest BCUT2D eigenvalue weighted by molar-refractivity contribution is -0.384. The number of nitrogens with zero attached hydrogens (tertiary/aromatic N) is 5. The van der Waals surface area contributed by atoms with Gasteiger partial charge in [0.15, 0.2) is 0 Å². The van der Waals surface area contributed by atoms with Gasteiger partial charge in [0.1, 0.15) is 0 Å². The molecule has 0 atom stereocenters. The zero-order valence-corrected chi connectivity index (χ0v) is 14.4. The van der Waals surface area contributed by atoms with Crippen LogP contribution in [0.15, 0.2) is 36.7 Å². The van der Waals surface area contributed by atoms with Gasteiger partial charge in [-0.15, -0.1) is 0 Å². The minimum Gasteiger partial charge on any atom is -0.465 e. The fraction of sp³-hybridized carbons (Fsp3) is 0.353. The highest BCUT2D eigenvalue weighted by Gasteiger charge is 2.26. The first-order valence-electron chi connectivity index (χ1n) is 8.18. The van der Waals surface area contributed by atoms with Crippen LogP contribution in [-0.4, -0.2) is 59.0 Å². The van der Waals surface area contributed by atoms with Gasteiger partial charge in [0, 0.05) is 51.2 Å². The molecule has 1 aliphatic heterocycles. The number of hydrogen-bond donors (Lipinski definition) is 0. The van der Waals surface area contributed by atoms with Crippen LogP contribution >= 0.6 is 0 Å². The number of pyridine rings is 2. The third-order valence-corrected chi connectivity index (χ3v) is 4.25. The number of carbonyl (C=O) groups is 1. The lowest BCUT2D eigenvalue weighted by atomic mass is 10.2. The summed E-state index contributed by atoms with van der Waals surface area (Å²) in [4.78, 5) is 35.1. The second-order valence-corrected chi connectivity index (χ2v) is 5.90. The summed E-state index contributed by atoms with van der Waals surface area (Å²) in [5.74, 6) is -0.368. The quantitative estimate of drug-likeness (QED) is 0.451. The van der Waals surface area contributed by atoms with Crippen LogP contribution in [-0.2, 0) is 11.3 Å².